The average Bonchev–Trinajstić information content (AvgIpc) is 3.07. The molecule has 0 bridgehead atoms. The van der Waals surface area contributed by atoms with Crippen LogP contribution in [0.15, 0.2) is 12.4 Å². The lowest BCUT2D eigenvalue weighted by atomic mass is 9.93. The largest absolute Gasteiger partial charge is 0.376 e. The van der Waals surface area contributed by atoms with E-state index in [4.69, 9.17) is 4.74 Å². The molecule has 5 heteroatoms. The fourth-order valence-corrected chi connectivity index (χ4v) is 3.67. The van der Waals surface area contributed by atoms with Gasteiger partial charge in [-0.25, -0.2) is 0 Å². The Kier molecular flexibility index (Phi) is 4.33. The highest BCUT2D eigenvalue weighted by molar-refractivity contribution is 5.06. The summed E-state index contributed by atoms with van der Waals surface area (Å²) < 4.78 is 8.05. The van der Waals surface area contributed by atoms with Crippen molar-refractivity contribution in [3.05, 3.63) is 18.0 Å². The molecule has 3 atom stereocenters. The van der Waals surface area contributed by atoms with E-state index in [-0.39, 0.29) is 0 Å². The highest BCUT2D eigenvalue weighted by atomic mass is 16.5. The van der Waals surface area contributed by atoms with Gasteiger partial charge in [0.1, 0.15) is 0 Å². The Morgan fingerprint density at radius 3 is 2.86 bits per heavy atom. The molecular formula is C16H28N4O. The number of aromatic nitrogens is 2. The molecule has 5 nitrogen and oxygen atoms in total. The quantitative estimate of drug-likeness (QED) is 0.823. The fourth-order valence-electron chi connectivity index (χ4n) is 3.67. The minimum Gasteiger partial charge on any atom is -0.376 e. The predicted molar refractivity (Wildman–Crippen MR) is 83.2 cm³/mol. The Bertz CT molecular complexity index is 471. The molecule has 0 aliphatic carbocycles. The number of nitrogens with zero attached hydrogens (tertiary/aromatic N) is 4. The summed E-state index contributed by atoms with van der Waals surface area (Å²) in [6.07, 6.45) is 4.62. The van der Waals surface area contributed by atoms with Gasteiger partial charge in [-0.15, -0.1) is 0 Å². The van der Waals surface area contributed by atoms with Crippen molar-refractivity contribution in [2.24, 2.45) is 11.8 Å². The molecule has 21 heavy (non-hydrogen) atoms. The van der Waals surface area contributed by atoms with Gasteiger partial charge in [0.25, 0.3) is 0 Å². The molecule has 3 heterocycles. The van der Waals surface area contributed by atoms with Gasteiger partial charge in [0.05, 0.1) is 18.9 Å². The maximum atomic E-state index is 6.01. The van der Waals surface area contributed by atoms with E-state index < -0.39 is 0 Å². The predicted octanol–water partition coefficient (Wildman–Crippen LogP) is 1.47. The normalized spacial score (nSPS) is 29.7. The van der Waals surface area contributed by atoms with Gasteiger partial charge in [-0.05, 0) is 27.9 Å². The van der Waals surface area contributed by atoms with Crippen LogP contribution in [0.4, 0.5) is 0 Å². The van der Waals surface area contributed by atoms with Crippen LogP contribution in [0.1, 0.15) is 25.5 Å². The maximum absolute atomic E-state index is 6.01. The second-order valence-electron chi connectivity index (χ2n) is 7.17. The van der Waals surface area contributed by atoms with Crippen molar-refractivity contribution in [3.63, 3.8) is 0 Å². The maximum Gasteiger partial charge on any atom is 0.0746 e. The van der Waals surface area contributed by atoms with Gasteiger partial charge in [0.15, 0.2) is 0 Å². The standard InChI is InChI=1S/C16H28N4O/c1-12(2)20-7-13(5-17-20)6-19-9-15-14(8-18(3)4)11-21-16(15)10-19/h5,7,12,14-16H,6,8-11H2,1-4H3/t14-,15-,16-/m1/s1. The zero-order chi connectivity index (χ0) is 15.0. The molecule has 0 aromatic carbocycles. The molecule has 0 saturated carbocycles. The number of rotatable bonds is 5. The lowest BCUT2D eigenvalue weighted by molar-refractivity contribution is 0.0921. The molecule has 0 spiro atoms. The highest BCUT2D eigenvalue weighted by Crippen LogP contribution is 2.34. The lowest BCUT2D eigenvalue weighted by Gasteiger charge is -2.21. The van der Waals surface area contributed by atoms with Crippen molar-refractivity contribution in [1.29, 1.82) is 0 Å². The SMILES string of the molecule is CC(C)n1cc(CN2C[C@@H]3[C@H](CN(C)C)CO[C@@H]3C2)cn1. The van der Waals surface area contributed by atoms with Crippen molar-refractivity contribution in [2.45, 2.75) is 32.5 Å². The van der Waals surface area contributed by atoms with Crippen LogP contribution in [0.3, 0.4) is 0 Å². The Balaban J connectivity index is 1.57. The van der Waals surface area contributed by atoms with Crippen LogP contribution >= 0.6 is 0 Å². The summed E-state index contributed by atoms with van der Waals surface area (Å²) in [5.74, 6) is 1.39. The third-order valence-corrected chi connectivity index (χ3v) is 4.70. The highest BCUT2D eigenvalue weighted by Gasteiger charge is 2.43. The van der Waals surface area contributed by atoms with Crippen molar-refractivity contribution in [2.75, 3.05) is 40.3 Å². The number of ether oxygens (including phenoxy) is 1. The Morgan fingerprint density at radius 2 is 2.19 bits per heavy atom. The van der Waals surface area contributed by atoms with E-state index in [2.05, 4.69) is 49.0 Å². The van der Waals surface area contributed by atoms with Crippen LogP contribution < -0.4 is 0 Å². The minimum absolute atomic E-state index is 0.435. The number of likely N-dealkylation sites (tertiary alicyclic amines) is 1. The molecule has 1 aromatic rings. The van der Waals surface area contributed by atoms with Crippen molar-refractivity contribution in [3.8, 4) is 0 Å². The van der Waals surface area contributed by atoms with Crippen LogP contribution in [0.5, 0.6) is 0 Å². The Morgan fingerprint density at radius 1 is 1.38 bits per heavy atom. The topological polar surface area (TPSA) is 33.5 Å². The van der Waals surface area contributed by atoms with Gasteiger partial charge < -0.3 is 9.64 Å². The van der Waals surface area contributed by atoms with Crippen LogP contribution in [0.2, 0.25) is 0 Å². The second kappa shape index (κ2) is 6.07. The molecule has 2 saturated heterocycles. The molecule has 0 amide bonds. The van der Waals surface area contributed by atoms with Crippen molar-refractivity contribution in [1.82, 2.24) is 19.6 Å². The van der Waals surface area contributed by atoms with E-state index in [0.29, 0.717) is 24.0 Å². The minimum atomic E-state index is 0.435. The first-order chi connectivity index (χ1) is 10.0. The van der Waals surface area contributed by atoms with Crippen molar-refractivity contribution >= 4 is 0 Å². The zero-order valence-corrected chi connectivity index (χ0v) is 13.7. The third-order valence-electron chi connectivity index (χ3n) is 4.70. The summed E-state index contributed by atoms with van der Waals surface area (Å²) in [5.41, 5.74) is 1.31. The van der Waals surface area contributed by atoms with Gasteiger partial charge >= 0.3 is 0 Å². The van der Waals surface area contributed by atoms with E-state index in [9.17, 15) is 0 Å². The summed E-state index contributed by atoms with van der Waals surface area (Å²) >= 11 is 0. The van der Waals surface area contributed by atoms with Gasteiger partial charge in [-0.3, -0.25) is 9.58 Å². The monoisotopic (exact) mass is 292 g/mol. The Labute approximate surface area is 127 Å². The summed E-state index contributed by atoms with van der Waals surface area (Å²) in [7, 11) is 4.31. The van der Waals surface area contributed by atoms with E-state index in [1.54, 1.807) is 0 Å². The summed E-state index contributed by atoms with van der Waals surface area (Å²) in [5, 5.41) is 4.44. The zero-order valence-electron chi connectivity index (χ0n) is 13.7. The first kappa shape index (κ1) is 15.0. The number of hydrogen-bond acceptors (Lipinski definition) is 4. The number of fused-ring (bicyclic) bond motifs is 1. The van der Waals surface area contributed by atoms with E-state index >= 15 is 0 Å². The van der Waals surface area contributed by atoms with Gasteiger partial charge in [-0.2, -0.15) is 5.10 Å². The van der Waals surface area contributed by atoms with Crippen molar-refractivity contribution < 1.29 is 4.74 Å². The van der Waals surface area contributed by atoms with Gasteiger partial charge in [-0.1, -0.05) is 0 Å². The smallest absolute Gasteiger partial charge is 0.0746 e. The van der Waals surface area contributed by atoms with E-state index in [1.165, 1.54) is 5.56 Å². The van der Waals surface area contributed by atoms with Gasteiger partial charge in [0, 0.05) is 55.8 Å². The molecule has 0 N–H and O–H groups in total. The first-order valence-electron chi connectivity index (χ1n) is 8.04. The third kappa shape index (κ3) is 3.30. The molecule has 118 valence electrons. The molecule has 2 fully saturated rings. The summed E-state index contributed by atoms with van der Waals surface area (Å²) in [6.45, 7) is 9.63. The van der Waals surface area contributed by atoms with Crippen LogP contribution in [-0.4, -0.2) is 66.0 Å². The lowest BCUT2D eigenvalue weighted by Crippen LogP contribution is -2.30. The van der Waals surface area contributed by atoms with Crippen LogP contribution in [0, 0.1) is 11.8 Å². The summed E-state index contributed by atoms with van der Waals surface area (Å²) in [4.78, 5) is 4.81. The molecule has 1 aromatic heterocycles. The Hall–Kier alpha value is -0.910. The molecule has 0 radical (unpaired) electrons. The summed E-state index contributed by atoms with van der Waals surface area (Å²) in [6, 6.07) is 0.435. The molecule has 2 aliphatic rings. The van der Waals surface area contributed by atoms with Crippen LogP contribution in [-0.2, 0) is 11.3 Å². The number of hydrogen-bond donors (Lipinski definition) is 0. The van der Waals surface area contributed by atoms with Crippen LogP contribution in [0.25, 0.3) is 0 Å². The van der Waals surface area contributed by atoms with E-state index in [0.717, 1.165) is 32.8 Å². The fraction of sp³-hybridized carbons (Fsp3) is 0.812. The molecular weight excluding hydrogens is 264 g/mol. The first-order valence-corrected chi connectivity index (χ1v) is 8.04. The average molecular weight is 292 g/mol. The second-order valence-corrected chi connectivity index (χ2v) is 7.17. The molecule has 0 unspecified atom stereocenters. The van der Waals surface area contributed by atoms with E-state index in [1.807, 2.05) is 10.9 Å². The molecule has 2 aliphatic heterocycles. The molecule has 3 rings (SSSR count). The van der Waals surface area contributed by atoms with Gasteiger partial charge in [0.2, 0.25) is 0 Å².